The van der Waals surface area contributed by atoms with E-state index >= 15 is 0 Å². The predicted molar refractivity (Wildman–Crippen MR) is 98.2 cm³/mol. The number of thioether (sulfide) groups is 1. The Kier molecular flexibility index (Phi) is 4.63. The second-order valence-electron chi connectivity index (χ2n) is 5.91. The highest BCUT2D eigenvalue weighted by molar-refractivity contribution is 7.99. The van der Waals surface area contributed by atoms with Gasteiger partial charge < -0.3 is 14.7 Å². The van der Waals surface area contributed by atoms with Crippen molar-refractivity contribution in [1.82, 2.24) is 15.3 Å². The molecule has 0 aliphatic heterocycles. The van der Waals surface area contributed by atoms with Gasteiger partial charge >= 0.3 is 0 Å². The molecule has 0 spiro atoms. The van der Waals surface area contributed by atoms with Crippen molar-refractivity contribution in [3.05, 3.63) is 45.0 Å². The van der Waals surface area contributed by atoms with Gasteiger partial charge in [0.1, 0.15) is 10.6 Å². The van der Waals surface area contributed by atoms with Gasteiger partial charge in [0.15, 0.2) is 5.16 Å². The molecule has 0 saturated carbocycles. The lowest BCUT2D eigenvalue weighted by molar-refractivity contribution is -0.118. The van der Waals surface area contributed by atoms with Crippen LogP contribution < -0.4 is 10.9 Å². The first kappa shape index (κ1) is 16.4. The van der Waals surface area contributed by atoms with Gasteiger partial charge in [-0.25, -0.2) is 4.98 Å². The fourth-order valence-corrected chi connectivity index (χ4v) is 5.01. The lowest BCUT2D eigenvalue weighted by atomic mass is 9.97. The molecule has 1 aliphatic carbocycles. The summed E-state index contributed by atoms with van der Waals surface area (Å²) in [6, 6.07) is 3.58. The maximum absolute atomic E-state index is 12.4. The van der Waals surface area contributed by atoms with Crippen LogP contribution in [0.3, 0.4) is 0 Å². The van der Waals surface area contributed by atoms with Gasteiger partial charge in [0.25, 0.3) is 5.56 Å². The molecular weight excluding hydrogens is 358 g/mol. The lowest BCUT2D eigenvalue weighted by Gasteiger charge is -2.09. The largest absolute Gasteiger partial charge is 0.467 e. The Bertz CT molecular complexity index is 960. The molecule has 0 bridgehead atoms. The van der Waals surface area contributed by atoms with Crippen molar-refractivity contribution in [1.29, 1.82) is 0 Å². The Balaban J connectivity index is 1.45. The SMILES string of the molecule is O=C(CSc1nc2sc3c(c2c(=O)[nH]1)CCCC3)NCc1ccco1. The molecular formula is C17H17N3O3S2. The van der Waals surface area contributed by atoms with E-state index in [4.69, 9.17) is 4.42 Å². The summed E-state index contributed by atoms with van der Waals surface area (Å²) in [5.74, 6) is 0.769. The molecule has 0 aromatic carbocycles. The summed E-state index contributed by atoms with van der Waals surface area (Å²) in [5, 5.41) is 4.01. The molecule has 1 amide bonds. The van der Waals surface area contributed by atoms with Crippen LogP contribution >= 0.6 is 23.1 Å². The third-order valence-electron chi connectivity index (χ3n) is 4.18. The van der Waals surface area contributed by atoms with Gasteiger partial charge in [0.2, 0.25) is 5.91 Å². The fourth-order valence-electron chi connectivity index (χ4n) is 3.00. The normalized spacial score (nSPS) is 13.8. The fraction of sp³-hybridized carbons (Fsp3) is 0.353. The average Bonchev–Trinajstić information content (AvgIpc) is 3.25. The average molecular weight is 375 g/mol. The highest BCUT2D eigenvalue weighted by atomic mass is 32.2. The van der Waals surface area contributed by atoms with Gasteiger partial charge in [-0.3, -0.25) is 9.59 Å². The number of nitrogens with one attached hydrogen (secondary N) is 2. The molecule has 3 aromatic rings. The summed E-state index contributed by atoms with van der Waals surface area (Å²) in [5.41, 5.74) is 1.08. The first-order chi connectivity index (χ1) is 12.2. The van der Waals surface area contributed by atoms with Crippen LogP contribution in [0.4, 0.5) is 0 Å². The summed E-state index contributed by atoms with van der Waals surface area (Å²) in [7, 11) is 0. The van der Waals surface area contributed by atoms with Gasteiger partial charge in [0.05, 0.1) is 23.9 Å². The molecule has 6 nitrogen and oxygen atoms in total. The van der Waals surface area contributed by atoms with Gasteiger partial charge in [-0.15, -0.1) is 11.3 Å². The zero-order chi connectivity index (χ0) is 17.2. The van der Waals surface area contributed by atoms with Crippen molar-refractivity contribution < 1.29 is 9.21 Å². The van der Waals surface area contributed by atoms with Crippen molar-refractivity contribution in [2.24, 2.45) is 0 Å². The predicted octanol–water partition coefficient (Wildman–Crippen LogP) is 2.86. The van der Waals surface area contributed by atoms with E-state index in [0.717, 1.165) is 29.5 Å². The molecule has 3 aromatic heterocycles. The molecule has 3 heterocycles. The number of aromatic amines is 1. The minimum Gasteiger partial charge on any atom is -0.467 e. The van der Waals surface area contributed by atoms with Crippen molar-refractivity contribution in [3.63, 3.8) is 0 Å². The summed E-state index contributed by atoms with van der Waals surface area (Å²) in [6.07, 6.45) is 5.87. The van der Waals surface area contributed by atoms with Crippen LogP contribution in [-0.2, 0) is 24.2 Å². The number of carbonyl (C=O) groups is 1. The maximum atomic E-state index is 12.4. The maximum Gasteiger partial charge on any atom is 0.260 e. The number of nitrogens with zero attached hydrogens (tertiary/aromatic N) is 1. The van der Waals surface area contributed by atoms with E-state index in [1.165, 1.54) is 28.6 Å². The van der Waals surface area contributed by atoms with Crippen molar-refractivity contribution in [2.75, 3.05) is 5.75 Å². The number of amides is 1. The number of H-pyrrole nitrogens is 1. The Morgan fingerprint density at radius 3 is 3.12 bits per heavy atom. The Hall–Kier alpha value is -2.06. The standard InChI is InChI=1S/C17H17N3O3S2/c21-13(18-8-10-4-3-7-23-10)9-24-17-19-15(22)14-11-5-1-2-6-12(11)25-16(14)20-17/h3-4,7H,1-2,5-6,8-9H2,(H,18,21)(H,19,20,22). The van der Waals surface area contributed by atoms with E-state index < -0.39 is 0 Å². The zero-order valence-electron chi connectivity index (χ0n) is 13.5. The van der Waals surface area contributed by atoms with Crippen LogP contribution in [0.2, 0.25) is 0 Å². The van der Waals surface area contributed by atoms with Gasteiger partial charge in [-0.1, -0.05) is 11.8 Å². The molecule has 0 atom stereocenters. The Labute approximate surface area is 152 Å². The molecule has 0 saturated heterocycles. The second kappa shape index (κ2) is 7.05. The molecule has 4 rings (SSSR count). The number of furan rings is 1. The summed E-state index contributed by atoms with van der Waals surface area (Å²) < 4.78 is 5.17. The number of hydrogen-bond donors (Lipinski definition) is 2. The highest BCUT2D eigenvalue weighted by Gasteiger charge is 2.20. The Morgan fingerprint density at radius 2 is 2.28 bits per heavy atom. The molecule has 0 fully saturated rings. The molecule has 25 heavy (non-hydrogen) atoms. The minimum atomic E-state index is -0.130. The van der Waals surface area contributed by atoms with E-state index in [-0.39, 0.29) is 17.2 Å². The van der Waals surface area contributed by atoms with Crippen LogP contribution in [0.1, 0.15) is 29.0 Å². The smallest absolute Gasteiger partial charge is 0.260 e. The number of fused-ring (bicyclic) bond motifs is 3. The number of carbonyl (C=O) groups excluding carboxylic acids is 1. The van der Waals surface area contributed by atoms with Crippen LogP contribution in [0.5, 0.6) is 0 Å². The van der Waals surface area contributed by atoms with Crippen LogP contribution in [0.15, 0.2) is 32.8 Å². The van der Waals surface area contributed by atoms with E-state index in [1.54, 1.807) is 29.7 Å². The summed E-state index contributed by atoms with van der Waals surface area (Å²) in [6.45, 7) is 0.354. The third-order valence-corrected chi connectivity index (χ3v) is 6.24. The van der Waals surface area contributed by atoms with Crippen molar-refractivity contribution in [2.45, 2.75) is 37.4 Å². The molecule has 0 radical (unpaired) electrons. The van der Waals surface area contributed by atoms with Crippen molar-refractivity contribution in [3.8, 4) is 0 Å². The van der Waals surface area contributed by atoms with E-state index in [0.29, 0.717) is 17.5 Å². The van der Waals surface area contributed by atoms with Gasteiger partial charge in [-0.2, -0.15) is 0 Å². The first-order valence-corrected chi connectivity index (χ1v) is 9.97. The topological polar surface area (TPSA) is 88.0 Å². The second-order valence-corrected chi connectivity index (χ2v) is 7.95. The van der Waals surface area contributed by atoms with Crippen LogP contribution in [0.25, 0.3) is 10.2 Å². The van der Waals surface area contributed by atoms with E-state index in [9.17, 15) is 9.59 Å². The molecule has 2 N–H and O–H groups in total. The number of aromatic nitrogens is 2. The minimum absolute atomic E-state index is 0.0945. The number of thiophene rings is 1. The quantitative estimate of drug-likeness (QED) is 0.529. The molecule has 1 aliphatic rings. The van der Waals surface area contributed by atoms with E-state index in [2.05, 4.69) is 15.3 Å². The number of hydrogen-bond acceptors (Lipinski definition) is 6. The third kappa shape index (κ3) is 3.50. The highest BCUT2D eigenvalue weighted by Crippen LogP contribution is 2.34. The monoisotopic (exact) mass is 375 g/mol. The van der Waals surface area contributed by atoms with Crippen LogP contribution in [0, 0.1) is 0 Å². The first-order valence-electron chi connectivity index (χ1n) is 8.17. The molecule has 130 valence electrons. The molecule has 8 heteroatoms. The van der Waals surface area contributed by atoms with Crippen molar-refractivity contribution >= 4 is 39.2 Å². The van der Waals surface area contributed by atoms with Crippen LogP contribution in [-0.4, -0.2) is 21.6 Å². The molecule has 0 unspecified atom stereocenters. The van der Waals surface area contributed by atoms with Gasteiger partial charge in [-0.05, 0) is 43.4 Å². The Morgan fingerprint density at radius 1 is 1.40 bits per heavy atom. The summed E-state index contributed by atoms with van der Waals surface area (Å²) >= 11 is 2.85. The zero-order valence-corrected chi connectivity index (χ0v) is 15.1. The number of aryl methyl sites for hydroxylation is 2. The number of rotatable bonds is 5. The van der Waals surface area contributed by atoms with E-state index in [1.807, 2.05) is 0 Å². The summed E-state index contributed by atoms with van der Waals surface area (Å²) in [4.78, 5) is 33.8. The van der Waals surface area contributed by atoms with Gasteiger partial charge in [0, 0.05) is 4.88 Å². The lowest BCUT2D eigenvalue weighted by Crippen LogP contribution is -2.24.